The van der Waals surface area contributed by atoms with Crippen LogP contribution in [0.2, 0.25) is 0 Å². The number of carbonyl (C=O) groups excluding carboxylic acids is 1. The second kappa shape index (κ2) is 8.89. The average molecular weight is 429 g/mol. The zero-order chi connectivity index (χ0) is 22.7. The predicted molar refractivity (Wildman–Crippen MR) is 121 cm³/mol. The van der Waals surface area contributed by atoms with E-state index in [1.54, 1.807) is 30.8 Å². The van der Waals surface area contributed by atoms with Crippen LogP contribution in [0, 0.1) is 20.8 Å². The number of rotatable bonds is 6. The molecule has 2 heterocycles. The van der Waals surface area contributed by atoms with Gasteiger partial charge in [0.25, 0.3) is 5.91 Å². The van der Waals surface area contributed by atoms with E-state index in [4.69, 9.17) is 9.47 Å². The molecule has 0 atom stereocenters. The quantitative estimate of drug-likeness (QED) is 0.480. The first-order valence-electron chi connectivity index (χ1n) is 10.0. The second-order valence-corrected chi connectivity index (χ2v) is 7.37. The Labute approximate surface area is 185 Å². The van der Waals surface area contributed by atoms with E-state index < -0.39 is 0 Å². The van der Waals surface area contributed by atoms with Gasteiger partial charge < -0.3 is 14.8 Å². The van der Waals surface area contributed by atoms with Crippen LogP contribution < -0.4 is 14.8 Å². The van der Waals surface area contributed by atoms with Crippen molar-refractivity contribution in [1.82, 2.24) is 20.0 Å². The highest BCUT2D eigenvalue weighted by Gasteiger charge is 2.18. The van der Waals surface area contributed by atoms with Gasteiger partial charge in [-0.3, -0.25) is 4.79 Å². The van der Waals surface area contributed by atoms with Crippen molar-refractivity contribution in [3.05, 3.63) is 83.3 Å². The molecule has 2 aromatic heterocycles. The number of hydrogen-bond donors (Lipinski definition) is 1. The largest absolute Gasteiger partial charge is 0.493 e. The van der Waals surface area contributed by atoms with Gasteiger partial charge >= 0.3 is 0 Å². The van der Waals surface area contributed by atoms with Gasteiger partial charge in [0.2, 0.25) is 5.88 Å². The number of carbonyl (C=O) groups is 1. The van der Waals surface area contributed by atoms with Crippen molar-refractivity contribution in [2.24, 2.45) is 0 Å². The molecule has 0 saturated heterocycles. The number of amides is 1. The van der Waals surface area contributed by atoms with E-state index in [0.717, 1.165) is 16.8 Å². The van der Waals surface area contributed by atoms with Gasteiger partial charge in [-0.2, -0.15) is 0 Å². The summed E-state index contributed by atoms with van der Waals surface area (Å²) in [6.07, 6.45) is 1.52. The molecule has 0 aliphatic rings. The number of aromatic nitrogens is 4. The minimum atomic E-state index is -0.364. The summed E-state index contributed by atoms with van der Waals surface area (Å²) in [4.78, 5) is 17.0. The van der Waals surface area contributed by atoms with Gasteiger partial charge in [0, 0.05) is 6.07 Å². The van der Waals surface area contributed by atoms with Crippen LogP contribution in [-0.4, -0.2) is 33.0 Å². The molecule has 1 amide bonds. The van der Waals surface area contributed by atoms with E-state index in [1.165, 1.54) is 6.20 Å². The maximum atomic E-state index is 12.7. The first-order chi connectivity index (χ1) is 15.4. The number of pyridine rings is 1. The van der Waals surface area contributed by atoms with Gasteiger partial charge in [0.15, 0.2) is 17.2 Å². The minimum absolute atomic E-state index is 0.246. The smallest absolute Gasteiger partial charge is 0.278 e. The van der Waals surface area contributed by atoms with Crippen molar-refractivity contribution >= 4 is 11.6 Å². The molecule has 162 valence electrons. The zero-order valence-electron chi connectivity index (χ0n) is 18.3. The third kappa shape index (κ3) is 4.44. The lowest BCUT2D eigenvalue weighted by Gasteiger charge is -2.11. The third-order valence-electron chi connectivity index (χ3n) is 4.92. The molecule has 8 nitrogen and oxygen atoms in total. The van der Waals surface area contributed by atoms with Crippen LogP contribution in [-0.2, 0) is 0 Å². The summed E-state index contributed by atoms with van der Waals surface area (Å²) in [6.45, 7) is 5.79. The first-order valence-corrected chi connectivity index (χ1v) is 10.0. The summed E-state index contributed by atoms with van der Waals surface area (Å²) in [5, 5.41) is 11.0. The van der Waals surface area contributed by atoms with Crippen LogP contribution in [0.3, 0.4) is 0 Å². The Hall–Kier alpha value is -4.20. The van der Waals surface area contributed by atoms with Gasteiger partial charge in [0.1, 0.15) is 0 Å². The molecule has 0 spiro atoms. The molecule has 0 bridgehead atoms. The standard InChI is InChI=1S/C24H23N5O3/c1-15-5-9-19(10-6-15)29-17(3)23(27-28-29)24(30)26-18-8-12-22(25-14-18)32-20-11-7-16(2)13-21(20)31-4/h5-14H,1-4H3,(H,26,30). The van der Waals surface area contributed by atoms with Crippen LogP contribution in [0.5, 0.6) is 17.4 Å². The molecule has 0 saturated carbocycles. The van der Waals surface area contributed by atoms with Gasteiger partial charge in [-0.1, -0.05) is 29.0 Å². The monoisotopic (exact) mass is 429 g/mol. The zero-order valence-corrected chi connectivity index (χ0v) is 18.3. The Kier molecular flexibility index (Phi) is 5.85. The van der Waals surface area contributed by atoms with Crippen LogP contribution in [0.15, 0.2) is 60.8 Å². The van der Waals surface area contributed by atoms with Gasteiger partial charge in [-0.15, -0.1) is 5.10 Å². The number of nitrogens with zero attached hydrogens (tertiary/aromatic N) is 4. The Morgan fingerprint density at radius 3 is 2.38 bits per heavy atom. The van der Waals surface area contributed by atoms with E-state index in [1.807, 2.05) is 56.3 Å². The molecule has 0 fully saturated rings. The lowest BCUT2D eigenvalue weighted by Crippen LogP contribution is -2.14. The van der Waals surface area contributed by atoms with Crippen LogP contribution in [0.1, 0.15) is 27.3 Å². The molecule has 8 heteroatoms. The van der Waals surface area contributed by atoms with Crippen molar-refractivity contribution in [2.45, 2.75) is 20.8 Å². The fourth-order valence-electron chi connectivity index (χ4n) is 3.15. The van der Waals surface area contributed by atoms with Crippen LogP contribution in [0.25, 0.3) is 5.69 Å². The molecule has 0 aliphatic heterocycles. The molecule has 4 rings (SSSR count). The topological polar surface area (TPSA) is 91.2 Å². The third-order valence-corrected chi connectivity index (χ3v) is 4.92. The van der Waals surface area contributed by atoms with Crippen LogP contribution >= 0.6 is 0 Å². The maximum Gasteiger partial charge on any atom is 0.278 e. The molecule has 0 unspecified atom stereocenters. The molecular weight excluding hydrogens is 406 g/mol. The van der Waals surface area contributed by atoms with E-state index >= 15 is 0 Å². The summed E-state index contributed by atoms with van der Waals surface area (Å²) >= 11 is 0. The Morgan fingerprint density at radius 1 is 0.938 bits per heavy atom. The Bertz CT molecular complexity index is 1250. The number of ether oxygens (including phenoxy) is 2. The van der Waals surface area contributed by atoms with Crippen molar-refractivity contribution in [3.8, 4) is 23.1 Å². The highest BCUT2D eigenvalue weighted by molar-refractivity contribution is 6.03. The minimum Gasteiger partial charge on any atom is -0.493 e. The summed E-state index contributed by atoms with van der Waals surface area (Å²) in [6, 6.07) is 16.9. The van der Waals surface area contributed by atoms with Gasteiger partial charge in [0.05, 0.1) is 30.4 Å². The lowest BCUT2D eigenvalue weighted by atomic mass is 10.2. The van der Waals surface area contributed by atoms with Crippen molar-refractivity contribution in [2.75, 3.05) is 12.4 Å². The maximum absolute atomic E-state index is 12.7. The Balaban J connectivity index is 1.46. The number of methoxy groups -OCH3 is 1. The molecule has 0 aliphatic carbocycles. The first kappa shape index (κ1) is 21.0. The number of anilines is 1. The lowest BCUT2D eigenvalue weighted by molar-refractivity contribution is 0.102. The Morgan fingerprint density at radius 2 is 1.69 bits per heavy atom. The van der Waals surface area contributed by atoms with E-state index in [2.05, 4.69) is 20.6 Å². The number of hydrogen-bond acceptors (Lipinski definition) is 6. The predicted octanol–water partition coefficient (Wildman–Crippen LogP) is 4.64. The summed E-state index contributed by atoms with van der Waals surface area (Å²) in [5.41, 5.74) is 4.46. The number of benzene rings is 2. The van der Waals surface area contributed by atoms with E-state index in [9.17, 15) is 4.79 Å². The molecule has 2 aromatic carbocycles. The molecule has 1 N–H and O–H groups in total. The van der Waals surface area contributed by atoms with Gasteiger partial charge in [-0.25, -0.2) is 9.67 Å². The molecule has 32 heavy (non-hydrogen) atoms. The highest BCUT2D eigenvalue weighted by Crippen LogP contribution is 2.31. The molecule has 0 radical (unpaired) electrons. The summed E-state index contributed by atoms with van der Waals surface area (Å²) < 4.78 is 12.8. The van der Waals surface area contributed by atoms with E-state index in [0.29, 0.717) is 28.8 Å². The van der Waals surface area contributed by atoms with Crippen molar-refractivity contribution in [1.29, 1.82) is 0 Å². The average Bonchev–Trinajstić information content (AvgIpc) is 3.18. The van der Waals surface area contributed by atoms with Crippen LogP contribution in [0.4, 0.5) is 5.69 Å². The van der Waals surface area contributed by atoms with Gasteiger partial charge in [-0.05, 0) is 56.7 Å². The van der Waals surface area contributed by atoms with Crippen molar-refractivity contribution in [3.63, 3.8) is 0 Å². The fourth-order valence-corrected chi connectivity index (χ4v) is 3.15. The molecule has 4 aromatic rings. The highest BCUT2D eigenvalue weighted by atomic mass is 16.5. The summed E-state index contributed by atoms with van der Waals surface area (Å²) in [5.74, 6) is 1.20. The van der Waals surface area contributed by atoms with E-state index in [-0.39, 0.29) is 11.6 Å². The number of nitrogens with one attached hydrogen (secondary N) is 1. The SMILES string of the molecule is COc1cc(C)ccc1Oc1ccc(NC(=O)c2nnn(-c3ccc(C)cc3)c2C)cn1. The van der Waals surface area contributed by atoms with Crippen molar-refractivity contribution < 1.29 is 14.3 Å². The normalized spacial score (nSPS) is 10.6. The second-order valence-electron chi connectivity index (χ2n) is 7.37. The molecular formula is C24H23N5O3. The fraction of sp³-hybridized carbons (Fsp3) is 0.167. The summed E-state index contributed by atoms with van der Waals surface area (Å²) in [7, 11) is 1.59. The number of aryl methyl sites for hydroxylation is 2.